The van der Waals surface area contributed by atoms with Crippen molar-refractivity contribution < 1.29 is 19.1 Å². The SMILES string of the molecule is COC(=O)c1sc(NC2CCCCC2)c(C(=O)OC)c1N. The van der Waals surface area contributed by atoms with Crippen LogP contribution in [0.25, 0.3) is 0 Å². The summed E-state index contributed by atoms with van der Waals surface area (Å²) in [4.78, 5) is 23.9. The monoisotopic (exact) mass is 312 g/mol. The molecule has 1 aliphatic carbocycles. The van der Waals surface area contributed by atoms with Gasteiger partial charge in [0.2, 0.25) is 0 Å². The van der Waals surface area contributed by atoms with Gasteiger partial charge in [0.15, 0.2) is 0 Å². The van der Waals surface area contributed by atoms with Crippen LogP contribution in [0.3, 0.4) is 0 Å². The molecule has 1 aliphatic rings. The van der Waals surface area contributed by atoms with Crippen LogP contribution in [0.15, 0.2) is 0 Å². The van der Waals surface area contributed by atoms with Gasteiger partial charge in [-0.2, -0.15) is 0 Å². The lowest BCUT2D eigenvalue weighted by Crippen LogP contribution is -2.23. The average Bonchev–Trinajstić information content (AvgIpc) is 2.83. The Hall–Kier alpha value is -1.76. The second-order valence-corrected chi connectivity index (χ2v) is 6.03. The van der Waals surface area contributed by atoms with E-state index in [9.17, 15) is 9.59 Å². The fourth-order valence-corrected chi connectivity index (χ4v) is 3.63. The number of nitrogens with one attached hydrogen (secondary N) is 1. The fourth-order valence-electron chi connectivity index (χ4n) is 2.53. The van der Waals surface area contributed by atoms with Gasteiger partial charge in [-0.1, -0.05) is 19.3 Å². The highest BCUT2D eigenvalue weighted by molar-refractivity contribution is 7.19. The molecule has 1 fully saturated rings. The summed E-state index contributed by atoms with van der Waals surface area (Å²) in [6.07, 6.45) is 5.66. The number of methoxy groups -OCH3 is 2. The van der Waals surface area contributed by atoms with Crippen molar-refractivity contribution in [2.24, 2.45) is 0 Å². The molecule has 0 unspecified atom stereocenters. The minimum Gasteiger partial charge on any atom is -0.465 e. The van der Waals surface area contributed by atoms with Crippen molar-refractivity contribution in [3.8, 4) is 0 Å². The molecule has 1 aromatic rings. The molecular formula is C14H20N2O4S. The Morgan fingerprint density at radius 3 is 2.33 bits per heavy atom. The molecule has 0 aromatic carbocycles. The third-order valence-corrected chi connectivity index (χ3v) is 4.76. The zero-order valence-electron chi connectivity index (χ0n) is 12.2. The summed E-state index contributed by atoms with van der Waals surface area (Å²) in [6.45, 7) is 0. The molecule has 0 atom stereocenters. The molecule has 1 aromatic heterocycles. The van der Waals surface area contributed by atoms with Crippen LogP contribution in [-0.2, 0) is 9.47 Å². The Bertz CT molecular complexity index is 535. The number of ether oxygens (including phenoxy) is 2. The molecule has 7 heteroatoms. The number of thiophene rings is 1. The number of nitrogen functional groups attached to an aromatic ring is 1. The third-order valence-electron chi connectivity index (χ3n) is 3.65. The fraction of sp³-hybridized carbons (Fsp3) is 0.571. The number of rotatable bonds is 4. The van der Waals surface area contributed by atoms with Crippen molar-refractivity contribution in [2.75, 3.05) is 25.3 Å². The summed E-state index contributed by atoms with van der Waals surface area (Å²) < 4.78 is 9.47. The zero-order chi connectivity index (χ0) is 15.4. The van der Waals surface area contributed by atoms with Gasteiger partial charge in [0.25, 0.3) is 0 Å². The Kier molecular flexibility index (Phi) is 5.06. The summed E-state index contributed by atoms with van der Waals surface area (Å²) in [5.41, 5.74) is 6.28. The summed E-state index contributed by atoms with van der Waals surface area (Å²) in [5, 5.41) is 3.92. The van der Waals surface area contributed by atoms with Crippen LogP contribution in [0.4, 0.5) is 10.7 Å². The number of carbonyl (C=O) groups excluding carboxylic acids is 2. The molecule has 6 nitrogen and oxygen atoms in total. The van der Waals surface area contributed by atoms with Gasteiger partial charge in [-0.25, -0.2) is 9.59 Å². The van der Waals surface area contributed by atoms with E-state index in [1.807, 2.05) is 0 Å². The summed E-state index contributed by atoms with van der Waals surface area (Å²) in [5.74, 6) is -1.09. The lowest BCUT2D eigenvalue weighted by molar-refractivity contribution is 0.0602. The van der Waals surface area contributed by atoms with Crippen molar-refractivity contribution in [2.45, 2.75) is 38.1 Å². The Morgan fingerprint density at radius 1 is 1.14 bits per heavy atom. The molecule has 0 amide bonds. The van der Waals surface area contributed by atoms with E-state index < -0.39 is 11.9 Å². The normalized spacial score (nSPS) is 15.5. The second-order valence-electron chi connectivity index (χ2n) is 5.01. The van der Waals surface area contributed by atoms with Gasteiger partial charge in [-0.3, -0.25) is 0 Å². The minimum absolute atomic E-state index is 0.122. The summed E-state index contributed by atoms with van der Waals surface area (Å²) in [6, 6.07) is 0.297. The van der Waals surface area contributed by atoms with E-state index in [1.54, 1.807) is 0 Å². The highest BCUT2D eigenvalue weighted by Crippen LogP contribution is 2.38. The van der Waals surface area contributed by atoms with Crippen molar-refractivity contribution in [1.29, 1.82) is 0 Å². The highest BCUT2D eigenvalue weighted by atomic mass is 32.1. The van der Waals surface area contributed by atoms with Crippen molar-refractivity contribution in [3.05, 3.63) is 10.4 Å². The molecular weight excluding hydrogens is 292 g/mol. The summed E-state index contributed by atoms with van der Waals surface area (Å²) in [7, 11) is 2.58. The van der Waals surface area contributed by atoms with Crippen LogP contribution >= 0.6 is 11.3 Å². The van der Waals surface area contributed by atoms with Gasteiger partial charge in [0, 0.05) is 6.04 Å². The molecule has 3 N–H and O–H groups in total. The zero-order valence-corrected chi connectivity index (χ0v) is 13.0. The van der Waals surface area contributed by atoms with Crippen LogP contribution < -0.4 is 11.1 Å². The predicted molar refractivity (Wildman–Crippen MR) is 81.9 cm³/mol. The van der Waals surface area contributed by atoms with E-state index in [-0.39, 0.29) is 16.1 Å². The number of carbonyl (C=O) groups is 2. The number of anilines is 2. The van der Waals surface area contributed by atoms with Gasteiger partial charge >= 0.3 is 11.9 Å². The smallest absolute Gasteiger partial charge is 0.350 e. The van der Waals surface area contributed by atoms with Crippen LogP contribution in [0.5, 0.6) is 0 Å². The molecule has 0 aliphatic heterocycles. The molecule has 0 radical (unpaired) electrons. The number of hydrogen-bond donors (Lipinski definition) is 2. The van der Waals surface area contributed by atoms with Crippen LogP contribution in [-0.4, -0.2) is 32.2 Å². The topological polar surface area (TPSA) is 90.6 Å². The van der Waals surface area contributed by atoms with Gasteiger partial charge in [-0.15, -0.1) is 11.3 Å². The molecule has 0 spiro atoms. The van der Waals surface area contributed by atoms with Crippen molar-refractivity contribution in [1.82, 2.24) is 0 Å². The Balaban J connectivity index is 2.33. The first-order chi connectivity index (χ1) is 10.1. The Morgan fingerprint density at radius 2 is 1.76 bits per heavy atom. The maximum Gasteiger partial charge on any atom is 0.350 e. The molecule has 2 rings (SSSR count). The van der Waals surface area contributed by atoms with Gasteiger partial charge in [-0.05, 0) is 12.8 Å². The second kappa shape index (κ2) is 6.80. The molecule has 116 valence electrons. The lowest BCUT2D eigenvalue weighted by atomic mass is 9.95. The number of esters is 2. The number of nitrogens with two attached hydrogens (primary N) is 1. The first-order valence-electron chi connectivity index (χ1n) is 6.94. The first kappa shape index (κ1) is 15.6. The summed E-state index contributed by atoms with van der Waals surface area (Å²) >= 11 is 1.14. The largest absolute Gasteiger partial charge is 0.465 e. The van der Waals surface area contributed by atoms with E-state index in [2.05, 4.69) is 5.32 Å². The molecule has 0 bridgehead atoms. The number of hydrogen-bond acceptors (Lipinski definition) is 7. The van der Waals surface area contributed by atoms with E-state index in [0.29, 0.717) is 11.0 Å². The van der Waals surface area contributed by atoms with Gasteiger partial charge in [0.1, 0.15) is 15.4 Å². The van der Waals surface area contributed by atoms with Gasteiger partial charge in [0.05, 0.1) is 19.9 Å². The van der Waals surface area contributed by atoms with E-state index in [1.165, 1.54) is 20.6 Å². The minimum atomic E-state index is -0.544. The molecule has 1 saturated carbocycles. The molecule has 1 heterocycles. The van der Waals surface area contributed by atoms with Crippen molar-refractivity contribution in [3.63, 3.8) is 0 Å². The first-order valence-corrected chi connectivity index (χ1v) is 7.75. The predicted octanol–water partition coefficient (Wildman–Crippen LogP) is 2.65. The van der Waals surface area contributed by atoms with E-state index >= 15 is 0 Å². The Labute approximate surface area is 127 Å². The van der Waals surface area contributed by atoms with Gasteiger partial charge < -0.3 is 20.5 Å². The highest BCUT2D eigenvalue weighted by Gasteiger charge is 2.28. The van der Waals surface area contributed by atoms with E-state index in [0.717, 1.165) is 37.0 Å². The maximum atomic E-state index is 11.9. The lowest BCUT2D eigenvalue weighted by Gasteiger charge is -2.23. The van der Waals surface area contributed by atoms with Crippen LogP contribution in [0.2, 0.25) is 0 Å². The maximum absolute atomic E-state index is 11.9. The average molecular weight is 312 g/mol. The van der Waals surface area contributed by atoms with Crippen molar-refractivity contribution >= 4 is 34.0 Å². The molecule has 0 saturated heterocycles. The quantitative estimate of drug-likeness (QED) is 0.831. The standard InChI is InChI=1S/C14H20N2O4S/c1-19-13(17)9-10(15)11(14(18)20-2)21-12(9)16-8-6-4-3-5-7-8/h8,16H,3-7,15H2,1-2H3. The molecule has 21 heavy (non-hydrogen) atoms. The third kappa shape index (κ3) is 3.29. The van der Waals surface area contributed by atoms with Crippen LogP contribution in [0.1, 0.15) is 52.1 Å². The van der Waals surface area contributed by atoms with E-state index in [4.69, 9.17) is 15.2 Å². The van der Waals surface area contributed by atoms with Crippen LogP contribution in [0, 0.1) is 0 Å².